The summed E-state index contributed by atoms with van der Waals surface area (Å²) in [7, 11) is 0. The van der Waals surface area contributed by atoms with Gasteiger partial charge in [0.05, 0.1) is 47.1 Å². The van der Waals surface area contributed by atoms with Gasteiger partial charge in [-0.15, -0.1) is 0 Å². The van der Waals surface area contributed by atoms with Crippen molar-refractivity contribution in [3.63, 3.8) is 0 Å². The van der Waals surface area contributed by atoms with Crippen LogP contribution in [0.2, 0.25) is 10.0 Å². The summed E-state index contributed by atoms with van der Waals surface area (Å²) in [5, 5.41) is 27.3. The summed E-state index contributed by atoms with van der Waals surface area (Å²) in [4.78, 5) is 57.0. The Morgan fingerprint density at radius 1 is 0.971 bits per heavy atom. The number of esters is 1. The summed E-state index contributed by atoms with van der Waals surface area (Å²) in [6.07, 6.45) is -0.249. The average molecular weight is 513 g/mol. The molecular weight excluding hydrogens is 495 g/mol. The van der Waals surface area contributed by atoms with E-state index in [0.29, 0.717) is 11.6 Å². The molecule has 1 unspecified atom stereocenters. The number of hydrogen-bond donors (Lipinski definition) is 2. The van der Waals surface area contributed by atoms with Gasteiger partial charge in [-0.3, -0.25) is 34.6 Å². The Labute approximate surface area is 202 Å². The van der Waals surface area contributed by atoms with Gasteiger partial charge in [0.2, 0.25) is 5.91 Å². The van der Waals surface area contributed by atoms with E-state index >= 15 is 0 Å². The number of nitro groups is 2. The molecule has 2 rings (SSSR count). The molecule has 0 aliphatic heterocycles. The topological polar surface area (TPSA) is 171 Å². The van der Waals surface area contributed by atoms with Crippen LogP contribution in [0.4, 0.5) is 11.4 Å². The normalized spacial score (nSPS) is 11.3. The van der Waals surface area contributed by atoms with Crippen molar-refractivity contribution in [1.29, 1.82) is 0 Å². The quantitative estimate of drug-likeness (QED) is 0.277. The van der Waals surface area contributed by atoms with Crippen molar-refractivity contribution in [2.75, 3.05) is 13.2 Å². The largest absolute Gasteiger partial charge is 0.466 e. The highest BCUT2D eigenvalue weighted by atomic mass is 35.5. The molecule has 180 valence electrons. The fourth-order valence-electron chi connectivity index (χ4n) is 2.86. The van der Waals surface area contributed by atoms with Crippen LogP contribution in [0, 0.1) is 20.2 Å². The molecule has 0 aromatic heterocycles. The molecule has 0 saturated heterocycles. The minimum atomic E-state index is -0.949. The first-order valence-corrected chi connectivity index (χ1v) is 10.4. The molecule has 2 N–H and O–H groups in total. The van der Waals surface area contributed by atoms with Gasteiger partial charge in [0, 0.05) is 22.2 Å². The third-order valence-electron chi connectivity index (χ3n) is 4.29. The molecule has 2 aromatic rings. The van der Waals surface area contributed by atoms with Crippen molar-refractivity contribution < 1.29 is 29.0 Å². The average Bonchev–Trinajstić information content (AvgIpc) is 2.76. The third-order valence-corrected chi connectivity index (χ3v) is 4.73. The summed E-state index contributed by atoms with van der Waals surface area (Å²) in [6, 6.07) is 5.97. The van der Waals surface area contributed by atoms with Crippen LogP contribution in [0.3, 0.4) is 0 Å². The third kappa shape index (κ3) is 7.67. The standard InChI is InChI=1S/C20H18Cl2N4O8/c1-2-34-19(28)9-17(11-3-13(21)7-14(22)4-11)24-18(27)10-23-20(29)12-5-15(25(30)31)8-16(6-12)26(32)33/h3-8,17H,2,9-10H2,1H3,(H,23,29)(H,24,27). The summed E-state index contributed by atoms with van der Waals surface area (Å²) in [6.45, 7) is 1.15. The number of ether oxygens (including phenoxy) is 1. The summed E-state index contributed by atoms with van der Waals surface area (Å²) < 4.78 is 4.92. The second-order valence-corrected chi connectivity index (χ2v) is 7.64. The maximum atomic E-state index is 12.5. The van der Waals surface area contributed by atoms with Gasteiger partial charge in [-0.25, -0.2) is 0 Å². The number of carbonyl (C=O) groups is 3. The molecule has 12 nitrogen and oxygen atoms in total. The van der Waals surface area contributed by atoms with Gasteiger partial charge in [-0.2, -0.15) is 0 Å². The van der Waals surface area contributed by atoms with Gasteiger partial charge in [0.1, 0.15) is 0 Å². The van der Waals surface area contributed by atoms with Gasteiger partial charge >= 0.3 is 5.97 Å². The highest BCUT2D eigenvalue weighted by Crippen LogP contribution is 2.26. The van der Waals surface area contributed by atoms with Crippen LogP contribution in [0.15, 0.2) is 36.4 Å². The number of non-ortho nitro benzene ring substituents is 2. The second kappa shape index (κ2) is 11.9. The van der Waals surface area contributed by atoms with Gasteiger partial charge in [0.25, 0.3) is 17.3 Å². The summed E-state index contributed by atoms with van der Waals surface area (Å²) in [5.41, 5.74) is -1.27. The van der Waals surface area contributed by atoms with E-state index in [2.05, 4.69) is 10.6 Å². The zero-order valence-corrected chi connectivity index (χ0v) is 19.1. The lowest BCUT2D eigenvalue weighted by Gasteiger charge is -2.19. The Bertz CT molecular complexity index is 1090. The zero-order chi connectivity index (χ0) is 25.4. The molecule has 0 aliphatic rings. The molecule has 34 heavy (non-hydrogen) atoms. The lowest BCUT2D eigenvalue weighted by Crippen LogP contribution is -2.39. The monoisotopic (exact) mass is 512 g/mol. The molecule has 0 spiro atoms. The predicted molar refractivity (Wildman–Crippen MR) is 121 cm³/mol. The Hall–Kier alpha value is -3.77. The fraction of sp³-hybridized carbons (Fsp3) is 0.250. The van der Waals surface area contributed by atoms with Crippen LogP contribution in [-0.4, -0.2) is 40.8 Å². The number of carbonyl (C=O) groups excluding carboxylic acids is 3. The van der Waals surface area contributed by atoms with Crippen molar-refractivity contribution in [2.45, 2.75) is 19.4 Å². The highest BCUT2D eigenvalue weighted by molar-refractivity contribution is 6.34. The lowest BCUT2D eigenvalue weighted by molar-refractivity contribution is -0.394. The van der Waals surface area contributed by atoms with Crippen molar-refractivity contribution in [3.05, 3.63) is 77.8 Å². The van der Waals surface area contributed by atoms with E-state index in [1.807, 2.05) is 0 Å². The first kappa shape index (κ1) is 26.5. The Morgan fingerprint density at radius 2 is 1.53 bits per heavy atom. The first-order valence-electron chi connectivity index (χ1n) is 9.63. The van der Waals surface area contributed by atoms with Gasteiger partial charge in [-0.05, 0) is 30.7 Å². The number of amides is 2. The number of hydrogen-bond acceptors (Lipinski definition) is 8. The number of nitrogens with zero attached hydrogens (tertiary/aromatic N) is 2. The predicted octanol–water partition coefficient (Wildman–Crippen LogP) is 3.35. The van der Waals surface area contributed by atoms with Crippen LogP contribution in [0.1, 0.15) is 35.3 Å². The Balaban J connectivity index is 2.15. The first-order chi connectivity index (χ1) is 16.0. The maximum absolute atomic E-state index is 12.5. The van der Waals surface area contributed by atoms with E-state index in [1.165, 1.54) is 18.2 Å². The van der Waals surface area contributed by atoms with Crippen LogP contribution in [-0.2, 0) is 14.3 Å². The van der Waals surface area contributed by atoms with Crippen molar-refractivity contribution in [1.82, 2.24) is 10.6 Å². The second-order valence-electron chi connectivity index (χ2n) is 6.77. The molecule has 0 radical (unpaired) electrons. The van der Waals surface area contributed by atoms with E-state index in [1.54, 1.807) is 6.92 Å². The Morgan fingerprint density at radius 3 is 2.03 bits per heavy atom. The molecule has 2 amide bonds. The van der Waals surface area contributed by atoms with Crippen molar-refractivity contribution >= 4 is 52.4 Å². The van der Waals surface area contributed by atoms with Crippen LogP contribution in [0.5, 0.6) is 0 Å². The molecule has 0 heterocycles. The zero-order valence-electron chi connectivity index (χ0n) is 17.6. The lowest BCUT2D eigenvalue weighted by atomic mass is 10.0. The molecule has 2 aromatic carbocycles. The van der Waals surface area contributed by atoms with Gasteiger partial charge < -0.3 is 15.4 Å². The number of halogens is 2. The molecule has 14 heteroatoms. The Kier molecular flexibility index (Phi) is 9.27. The van der Waals surface area contributed by atoms with Crippen LogP contribution >= 0.6 is 23.2 Å². The molecule has 0 bridgehead atoms. The van der Waals surface area contributed by atoms with Gasteiger partial charge in [-0.1, -0.05) is 23.2 Å². The van der Waals surface area contributed by atoms with E-state index in [9.17, 15) is 34.6 Å². The number of nitro benzene ring substituents is 2. The van der Waals surface area contributed by atoms with E-state index in [4.69, 9.17) is 27.9 Å². The minimum absolute atomic E-state index is 0.126. The molecule has 0 saturated carbocycles. The van der Waals surface area contributed by atoms with Crippen LogP contribution in [0.25, 0.3) is 0 Å². The van der Waals surface area contributed by atoms with E-state index < -0.39 is 51.6 Å². The molecular formula is C20H18Cl2N4O8. The molecule has 0 aliphatic carbocycles. The highest BCUT2D eigenvalue weighted by Gasteiger charge is 2.22. The van der Waals surface area contributed by atoms with Crippen molar-refractivity contribution in [3.8, 4) is 0 Å². The SMILES string of the molecule is CCOC(=O)CC(NC(=O)CNC(=O)c1cc([N+](=O)[O-])cc([N+](=O)[O-])c1)c1cc(Cl)cc(Cl)c1. The fourth-order valence-corrected chi connectivity index (χ4v) is 3.40. The van der Waals surface area contributed by atoms with E-state index in [-0.39, 0.29) is 28.6 Å². The summed E-state index contributed by atoms with van der Waals surface area (Å²) in [5.74, 6) is -2.27. The minimum Gasteiger partial charge on any atom is -0.466 e. The van der Waals surface area contributed by atoms with Crippen LogP contribution < -0.4 is 10.6 Å². The number of nitrogens with one attached hydrogen (secondary N) is 2. The van der Waals surface area contributed by atoms with E-state index in [0.717, 1.165) is 12.1 Å². The smallest absolute Gasteiger partial charge is 0.308 e. The van der Waals surface area contributed by atoms with Crippen molar-refractivity contribution in [2.24, 2.45) is 0 Å². The molecule has 1 atom stereocenters. The summed E-state index contributed by atoms with van der Waals surface area (Å²) >= 11 is 12.0. The number of benzene rings is 2. The maximum Gasteiger partial charge on any atom is 0.308 e. The molecule has 0 fully saturated rings. The van der Waals surface area contributed by atoms with Gasteiger partial charge in [0.15, 0.2) is 0 Å². The number of rotatable bonds is 10.